The van der Waals surface area contributed by atoms with Gasteiger partial charge in [0.2, 0.25) is 5.91 Å². The lowest BCUT2D eigenvalue weighted by Crippen LogP contribution is -2.45. The van der Waals surface area contributed by atoms with E-state index < -0.39 is 12.1 Å². The number of aliphatic hydroxyl groups excluding tert-OH is 2. The van der Waals surface area contributed by atoms with Crippen molar-refractivity contribution in [2.24, 2.45) is 0 Å². The van der Waals surface area contributed by atoms with Crippen LogP contribution in [-0.4, -0.2) is 34.9 Å². The number of allylic oxidation sites excluding steroid dienone is 13. The lowest BCUT2D eigenvalue weighted by Gasteiger charge is -2.19. The number of unbranched alkanes of at least 4 members (excludes halogenated alkanes) is 31. The Kier molecular flexibility index (Phi) is 52.8. The Balaban J connectivity index is 3.57. The Morgan fingerprint density at radius 1 is 0.391 bits per heavy atom. The SMILES string of the molecule is CC/C=C\C/C=C\C/C=C\C/C=C\C/C=C\CCCCCCCC(=O)NC(CO)C(O)/C=C/CC/C=C/CCCCCCCCCCCCCCCCCCCCCCCCCCC. The molecule has 0 aliphatic carbocycles. The molecule has 2 unspecified atom stereocenters. The predicted octanol–water partition coefficient (Wildman–Crippen LogP) is 18.4. The van der Waals surface area contributed by atoms with Crippen LogP contribution in [0.3, 0.4) is 0 Å². The summed E-state index contributed by atoms with van der Waals surface area (Å²) in [6.07, 6.45) is 80.3. The number of carbonyl (C=O) groups excluding carboxylic acids is 1. The molecule has 0 aromatic heterocycles. The van der Waals surface area contributed by atoms with Gasteiger partial charge in [0.15, 0.2) is 0 Å². The van der Waals surface area contributed by atoms with Gasteiger partial charge >= 0.3 is 0 Å². The third-order valence-corrected chi connectivity index (χ3v) is 12.4. The highest BCUT2D eigenvalue weighted by molar-refractivity contribution is 5.76. The summed E-state index contributed by atoms with van der Waals surface area (Å²) in [5, 5.41) is 23.1. The van der Waals surface area contributed by atoms with Gasteiger partial charge in [0.05, 0.1) is 18.8 Å². The third-order valence-electron chi connectivity index (χ3n) is 12.4. The molecule has 0 rings (SSSR count). The number of amides is 1. The van der Waals surface area contributed by atoms with Crippen LogP contribution in [0.4, 0.5) is 0 Å². The van der Waals surface area contributed by atoms with E-state index >= 15 is 0 Å². The summed E-state index contributed by atoms with van der Waals surface area (Å²) >= 11 is 0. The fourth-order valence-corrected chi connectivity index (χ4v) is 8.16. The lowest BCUT2D eigenvalue weighted by atomic mass is 10.0. The number of carbonyl (C=O) groups is 1. The first-order chi connectivity index (χ1) is 31.7. The van der Waals surface area contributed by atoms with E-state index in [2.05, 4.69) is 92.1 Å². The zero-order valence-corrected chi connectivity index (χ0v) is 42.5. The average molecular weight is 891 g/mol. The minimum Gasteiger partial charge on any atom is -0.394 e. The maximum absolute atomic E-state index is 12.4. The van der Waals surface area contributed by atoms with Gasteiger partial charge in [0, 0.05) is 6.42 Å². The smallest absolute Gasteiger partial charge is 0.220 e. The molecule has 0 fully saturated rings. The molecular formula is C60H107NO3. The molecule has 4 heteroatoms. The van der Waals surface area contributed by atoms with Gasteiger partial charge in [0.25, 0.3) is 0 Å². The lowest BCUT2D eigenvalue weighted by molar-refractivity contribution is -0.123. The van der Waals surface area contributed by atoms with Crippen LogP contribution < -0.4 is 5.32 Å². The van der Waals surface area contributed by atoms with Crippen LogP contribution in [0.5, 0.6) is 0 Å². The highest BCUT2D eigenvalue weighted by Gasteiger charge is 2.17. The zero-order chi connectivity index (χ0) is 46.3. The third kappa shape index (κ3) is 50.6. The topological polar surface area (TPSA) is 69.6 Å². The summed E-state index contributed by atoms with van der Waals surface area (Å²) < 4.78 is 0. The maximum atomic E-state index is 12.4. The van der Waals surface area contributed by atoms with E-state index in [1.54, 1.807) is 6.08 Å². The Hall–Kier alpha value is -2.43. The summed E-state index contributed by atoms with van der Waals surface area (Å²) in [4.78, 5) is 12.4. The minimum atomic E-state index is -0.877. The number of hydrogen-bond acceptors (Lipinski definition) is 3. The molecule has 64 heavy (non-hydrogen) atoms. The summed E-state index contributed by atoms with van der Waals surface area (Å²) in [5.74, 6) is -0.0934. The largest absolute Gasteiger partial charge is 0.394 e. The second-order valence-corrected chi connectivity index (χ2v) is 18.6. The molecule has 2 atom stereocenters. The standard InChI is InChI=1S/C60H107NO3/c1-3-5-7-9-11-13-15-17-19-21-23-25-26-27-28-29-30-31-32-33-34-36-37-39-41-43-45-47-49-51-53-55-59(63)58(57-62)61-60(64)56-54-52-50-48-46-44-42-40-38-35-24-22-20-18-16-14-12-10-8-6-4-2/h6,8,12,14,18,20,24,35,40,42,45,47,53,55,58-59,62-63H,3-5,7,9-11,13,15-17,19,21-23,25-34,36-39,41,43-44,46,48-52,54,56-57H2,1-2H3,(H,61,64)/b8-6-,14-12-,20-18-,35-24-,42-40-,47-45+,55-53+. The van der Waals surface area contributed by atoms with Crippen molar-refractivity contribution in [2.45, 2.75) is 283 Å². The van der Waals surface area contributed by atoms with Crippen LogP contribution in [-0.2, 0) is 4.79 Å². The molecule has 0 bridgehead atoms. The molecule has 0 aliphatic heterocycles. The van der Waals surface area contributed by atoms with Gasteiger partial charge in [-0.05, 0) is 77.0 Å². The fourth-order valence-electron chi connectivity index (χ4n) is 8.16. The fraction of sp³-hybridized carbons (Fsp3) is 0.750. The predicted molar refractivity (Wildman–Crippen MR) is 285 cm³/mol. The van der Waals surface area contributed by atoms with Crippen molar-refractivity contribution in [1.29, 1.82) is 0 Å². The summed E-state index contributed by atoms with van der Waals surface area (Å²) in [5.41, 5.74) is 0. The number of nitrogens with one attached hydrogen (secondary N) is 1. The number of hydrogen-bond donors (Lipinski definition) is 3. The second-order valence-electron chi connectivity index (χ2n) is 18.6. The van der Waals surface area contributed by atoms with Gasteiger partial charge in [-0.1, -0.05) is 272 Å². The van der Waals surface area contributed by atoms with Crippen LogP contribution in [0, 0.1) is 0 Å². The molecule has 0 saturated heterocycles. The molecule has 0 aliphatic rings. The van der Waals surface area contributed by atoms with Crippen molar-refractivity contribution in [3.8, 4) is 0 Å². The Morgan fingerprint density at radius 2 is 0.703 bits per heavy atom. The van der Waals surface area contributed by atoms with Crippen molar-refractivity contribution < 1.29 is 15.0 Å². The van der Waals surface area contributed by atoms with E-state index in [4.69, 9.17) is 0 Å². The average Bonchev–Trinajstić information content (AvgIpc) is 3.30. The number of aliphatic hydroxyl groups is 2. The first-order valence-corrected chi connectivity index (χ1v) is 27.8. The first-order valence-electron chi connectivity index (χ1n) is 27.8. The summed E-state index contributed by atoms with van der Waals surface area (Å²) in [6.45, 7) is 4.19. The monoisotopic (exact) mass is 890 g/mol. The van der Waals surface area contributed by atoms with Crippen LogP contribution in [0.15, 0.2) is 85.1 Å². The molecule has 370 valence electrons. The minimum absolute atomic E-state index is 0.0934. The second kappa shape index (κ2) is 54.9. The van der Waals surface area contributed by atoms with Crippen LogP contribution >= 0.6 is 0 Å². The van der Waals surface area contributed by atoms with Gasteiger partial charge in [0.1, 0.15) is 0 Å². The molecule has 0 spiro atoms. The Bertz CT molecular complexity index is 1150. The van der Waals surface area contributed by atoms with Crippen molar-refractivity contribution >= 4 is 5.91 Å². The highest BCUT2D eigenvalue weighted by atomic mass is 16.3. The van der Waals surface area contributed by atoms with E-state index in [-0.39, 0.29) is 12.5 Å². The Morgan fingerprint density at radius 3 is 1.09 bits per heavy atom. The molecule has 0 radical (unpaired) electrons. The Labute approximate surface area is 399 Å². The molecular weight excluding hydrogens is 783 g/mol. The van der Waals surface area contributed by atoms with Crippen molar-refractivity contribution in [3.63, 3.8) is 0 Å². The quantitative estimate of drug-likeness (QED) is 0.0421. The van der Waals surface area contributed by atoms with Crippen LogP contribution in [0.1, 0.15) is 271 Å². The van der Waals surface area contributed by atoms with Gasteiger partial charge in [-0.25, -0.2) is 0 Å². The molecule has 0 saturated carbocycles. The van der Waals surface area contributed by atoms with Gasteiger partial charge in [-0.2, -0.15) is 0 Å². The van der Waals surface area contributed by atoms with E-state index in [0.29, 0.717) is 6.42 Å². The molecule has 1 amide bonds. The van der Waals surface area contributed by atoms with Crippen molar-refractivity contribution in [3.05, 3.63) is 85.1 Å². The summed E-state index contributed by atoms with van der Waals surface area (Å²) in [7, 11) is 0. The van der Waals surface area contributed by atoms with E-state index in [0.717, 1.165) is 77.0 Å². The molecule has 0 aromatic carbocycles. The number of rotatable bonds is 50. The molecule has 4 nitrogen and oxygen atoms in total. The van der Waals surface area contributed by atoms with Crippen LogP contribution in [0.25, 0.3) is 0 Å². The van der Waals surface area contributed by atoms with E-state index in [1.807, 2.05) is 6.08 Å². The van der Waals surface area contributed by atoms with Gasteiger partial charge < -0.3 is 15.5 Å². The molecule has 0 aromatic rings. The first kappa shape index (κ1) is 61.6. The summed E-state index contributed by atoms with van der Waals surface area (Å²) in [6, 6.07) is -0.656. The van der Waals surface area contributed by atoms with Crippen molar-refractivity contribution in [2.75, 3.05) is 6.61 Å². The highest BCUT2D eigenvalue weighted by Crippen LogP contribution is 2.16. The van der Waals surface area contributed by atoms with Crippen LogP contribution in [0.2, 0.25) is 0 Å². The molecule has 0 heterocycles. The van der Waals surface area contributed by atoms with Gasteiger partial charge in [-0.3, -0.25) is 4.79 Å². The normalized spacial score (nSPS) is 13.5. The van der Waals surface area contributed by atoms with E-state index in [1.165, 1.54) is 173 Å². The van der Waals surface area contributed by atoms with Gasteiger partial charge in [-0.15, -0.1) is 0 Å². The maximum Gasteiger partial charge on any atom is 0.220 e. The van der Waals surface area contributed by atoms with E-state index in [9.17, 15) is 15.0 Å². The van der Waals surface area contributed by atoms with Crippen molar-refractivity contribution in [1.82, 2.24) is 5.32 Å². The zero-order valence-electron chi connectivity index (χ0n) is 42.5. The molecule has 3 N–H and O–H groups in total.